The molecule has 0 saturated heterocycles. The van der Waals surface area contributed by atoms with Crippen molar-refractivity contribution in [2.75, 3.05) is 9.80 Å². The minimum Gasteiger partial charge on any atom is -0.455 e. The van der Waals surface area contributed by atoms with Crippen molar-refractivity contribution in [2.24, 2.45) is 0 Å². The van der Waals surface area contributed by atoms with Crippen molar-refractivity contribution in [3.63, 3.8) is 0 Å². The second kappa shape index (κ2) is 23.2. The topological polar surface area (TPSA) is 32.8 Å². The summed E-state index contributed by atoms with van der Waals surface area (Å²) in [6.45, 7) is 5.70. The van der Waals surface area contributed by atoms with Crippen LogP contribution in [-0.4, -0.2) is 6.71 Å². The number of fused-ring (bicyclic) bond motifs is 10. The maximum absolute atomic E-state index is 11.6. The van der Waals surface area contributed by atoms with Gasteiger partial charge < -0.3 is 18.6 Å². The maximum Gasteiger partial charge on any atom is 0.252 e. The van der Waals surface area contributed by atoms with Gasteiger partial charge in [-0.1, -0.05) is 336 Å². The minimum atomic E-state index is -0.953. The number of hydrogen-bond acceptors (Lipinski definition) is 4. The van der Waals surface area contributed by atoms with Gasteiger partial charge in [0.1, 0.15) is 22.3 Å². The monoisotopic (exact) mass is 1270 g/mol. The molecule has 17 aromatic rings. The van der Waals surface area contributed by atoms with Crippen molar-refractivity contribution in [1.82, 2.24) is 0 Å². The molecular weight excluding hydrogens is 1200 g/mol. The van der Waals surface area contributed by atoms with Crippen LogP contribution in [0.5, 0.6) is 0 Å². The lowest BCUT2D eigenvalue weighted by atomic mass is 9.33. The molecule has 2 aliphatic rings. The molecule has 4 nitrogen and oxygen atoms in total. The molecule has 0 unspecified atom stereocenters. The Hall–Kier alpha value is -12.4. The first kappa shape index (κ1) is 51.8. The number of benzene rings is 15. The molecule has 4 heterocycles. The van der Waals surface area contributed by atoms with E-state index in [4.69, 9.17) is 8.83 Å². The summed E-state index contributed by atoms with van der Waals surface area (Å²) < 4.78 is 78.9. The molecule has 0 aliphatic carbocycles. The summed E-state index contributed by atoms with van der Waals surface area (Å²) >= 11 is 0. The molecule has 0 bridgehead atoms. The molecule has 5 heteroatoms. The quantitative estimate of drug-likeness (QED) is 0.128. The molecule has 0 atom stereocenters. The number of rotatable bonds is 10. The van der Waals surface area contributed by atoms with Gasteiger partial charge in [-0.05, 0) is 96.1 Å². The van der Waals surface area contributed by atoms with Gasteiger partial charge in [0.15, 0.2) is 0 Å². The molecule has 2 aliphatic heterocycles. The van der Waals surface area contributed by atoms with E-state index in [0.29, 0.717) is 79.0 Å². The Labute approximate surface area is 585 Å². The minimum absolute atomic E-state index is 0.0662. The van der Waals surface area contributed by atoms with Gasteiger partial charge in [-0.25, -0.2) is 0 Å². The molecule has 99 heavy (non-hydrogen) atoms. The number of anilines is 6. The number of para-hydroxylation sites is 6. The van der Waals surface area contributed by atoms with Gasteiger partial charge in [0, 0.05) is 88.8 Å². The van der Waals surface area contributed by atoms with Gasteiger partial charge in [0.25, 0.3) is 6.71 Å². The second-order valence-corrected chi connectivity index (χ2v) is 26.8. The van der Waals surface area contributed by atoms with Crippen molar-refractivity contribution in [3.8, 4) is 89.0 Å². The summed E-state index contributed by atoms with van der Waals surface area (Å²) in [5, 5.41) is 3.49. The first-order chi connectivity index (χ1) is 51.2. The van der Waals surface area contributed by atoms with Gasteiger partial charge in [-0.2, -0.15) is 0 Å². The van der Waals surface area contributed by atoms with Gasteiger partial charge >= 0.3 is 0 Å². The third-order valence-corrected chi connectivity index (χ3v) is 20.1. The summed E-state index contributed by atoms with van der Waals surface area (Å²) in [5.74, 6) is 0. The molecule has 0 amide bonds. The standard InChI is InChI=1S/C94H65BN2O2/c1-94(2,3)68-58-85-87-86(59-68)97(89-71(62-32-14-6-15-33-62)42-23-43-72(89)63-34-16-7-17-35-63)84-55-53-67(76-47-27-51-80-78-49-25-45-74(91(78)99-93(76)80)65-38-20-9-21-39-65)57-82(84)95(87)81-56-66(75-46-26-50-79-77-48-24-44-73(90(77)98-92(75)79)64-36-18-8-19-37-64)52-54-83(81)96(85)88-69(60-28-10-4-11-29-60)40-22-41-70(88)61-30-12-5-13-31-61/h4-59H,1-3H3/i22D,23D,52D,53D,56D,57D. The predicted octanol–water partition coefficient (Wildman–Crippen LogP) is 24.2. The lowest BCUT2D eigenvalue weighted by Crippen LogP contribution is -2.61. The van der Waals surface area contributed by atoms with E-state index < -0.39 is 12.1 Å². The highest BCUT2D eigenvalue weighted by atomic mass is 16.3. The first-order valence-corrected chi connectivity index (χ1v) is 33.8. The molecule has 19 rings (SSSR count). The van der Waals surface area contributed by atoms with Gasteiger partial charge in [-0.15, -0.1) is 0 Å². The summed E-state index contributed by atoms with van der Waals surface area (Å²) in [6.07, 6.45) is 0. The fraction of sp³-hybridized carbons (Fsp3) is 0.0426. The Morgan fingerprint density at radius 2 is 0.576 bits per heavy atom. The van der Waals surface area contributed by atoms with Crippen LogP contribution in [-0.2, 0) is 5.41 Å². The van der Waals surface area contributed by atoms with Crippen LogP contribution >= 0.6 is 0 Å². The van der Waals surface area contributed by atoms with E-state index in [1.165, 1.54) is 0 Å². The fourth-order valence-corrected chi connectivity index (χ4v) is 15.4. The maximum atomic E-state index is 11.6. The first-order valence-electron chi connectivity index (χ1n) is 36.8. The number of furan rings is 2. The highest BCUT2D eigenvalue weighted by molar-refractivity contribution is 7.00. The van der Waals surface area contributed by atoms with Crippen molar-refractivity contribution in [1.29, 1.82) is 0 Å². The molecule has 466 valence electrons. The van der Waals surface area contributed by atoms with E-state index in [2.05, 4.69) is 164 Å². The molecular formula is C94H65BN2O2. The summed E-state index contributed by atoms with van der Waals surface area (Å²) in [6, 6.07) is 103. The zero-order valence-electron chi connectivity index (χ0n) is 60.7. The Kier molecular flexibility index (Phi) is 12.1. The van der Waals surface area contributed by atoms with E-state index in [1.54, 1.807) is 0 Å². The van der Waals surface area contributed by atoms with Crippen LogP contribution in [0.3, 0.4) is 0 Å². The van der Waals surface area contributed by atoms with Crippen LogP contribution in [0, 0.1) is 0 Å². The highest BCUT2D eigenvalue weighted by Gasteiger charge is 2.46. The molecule has 2 aromatic heterocycles. The van der Waals surface area contributed by atoms with Crippen LogP contribution in [0.1, 0.15) is 34.6 Å². The normalized spacial score (nSPS) is 13.4. The number of hydrogen-bond donors (Lipinski definition) is 0. The van der Waals surface area contributed by atoms with E-state index in [0.717, 1.165) is 122 Å². The Balaban J connectivity index is 1.00. The van der Waals surface area contributed by atoms with E-state index in [9.17, 15) is 8.22 Å². The zero-order chi connectivity index (χ0) is 71.1. The Morgan fingerprint density at radius 3 is 0.869 bits per heavy atom. The van der Waals surface area contributed by atoms with Crippen LogP contribution in [0.4, 0.5) is 34.1 Å². The Morgan fingerprint density at radius 1 is 0.293 bits per heavy atom. The van der Waals surface area contributed by atoms with Gasteiger partial charge in [-0.3, -0.25) is 0 Å². The third-order valence-electron chi connectivity index (χ3n) is 20.1. The predicted molar refractivity (Wildman–Crippen MR) is 417 cm³/mol. The summed E-state index contributed by atoms with van der Waals surface area (Å²) in [7, 11) is 0. The largest absolute Gasteiger partial charge is 0.455 e. The highest BCUT2D eigenvalue weighted by Crippen LogP contribution is 2.55. The summed E-state index contributed by atoms with van der Waals surface area (Å²) in [5.41, 5.74) is 21.0. The Bertz CT molecular complexity index is 5900. The van der Waals surface area contributed by atoms with Crippen molar-refractivity contribution in [3.05, 3.63) is 345 Å². The van der Waals surface area contributed by atoms with Gasteiger partial charge in [0.05, 0.1) is 19.6 Å². The third kappa shape index (κ3) is 9.44. The van der Waals surface area contributed by atoms with Crippen LogP contribution in [0.15, 0.2) is 348 Å². The van der Waals surface area contributed by atoms with Crippen LogP contribution < -0.4 is 26.2 Å². The summed E-state index contributed by atoms with van der Waals surface area (Å²) in [4.78, 5) is 4.54. The molecule has 0 saturated carbocycles. The average Bonchev–Trinajstić information content (AvgIpc) is 1.11. The van der Waals surface area contributed by atoms with Crippen LogP contribution in [0.2, 0.25) is 0 Å². The SMILES string of the molecule is [2H]c1cc(-c2ccccc2)c(N2c3cc(C(C)(C)C)cc4c3B(c3c2cc([2H])c(-c2cccc5c2oc2c(-c6ccccc6)cccc25)c3[2H])c2c(cc([2H])c(-c3cccc5c3oc3c(-c6ccccc6)cccc35)c2[2H])N4c2c(-c3ccccc3)cc([2H])cc2-c2ccccc2)c(-c2ccccc2)c1. The van der Waals surface area contributed by atoms with Crippen molar-refractivity contribution >= 4 is 101 Å². The van der Waals surface area contributed by atoms with Gasteiger partial charge in [0.2, 0.25) is 0 Å². The zero-order valence-corrected chi connectivity index (χ0v) is 54.7. The van der Waals surface area contributed by atoms with E-state index in [1.807, 2.05) is 170 Å². The molecule has 15 aromatic carbocycles. The molecule has 0 fully saturated rings. The molecule has 0 spiro atoms. The lowest BCUT2D eigenvalue weighted by Gasteiger charge is -2.46. The van der Waals surface area contributed by atoms with Crippen molar-refractivity contribution < 1.29 is 17.1 Å². The number of nitrogens with zero attached hydrogens (tertiary/aromatic N) is 2. The smallest absolute Gasteiger partial charge is 0.252 e. The average molecular weight is 1270 g/mol. The fourth-order valence-electron chi connectivity index (χ4n) is 15.4. The van der Waals surface area contributed by atoms with E-state index in [-0.39, 0.29) is 24.2 Å². The lowest BCUT2D eigenvalue weighted by molar-refractivity contribution is 0.590. The molecule has 0 N–H and O–H groups in total. The van der Waals surface area contributed by atoms with Crippen LogP contribution in [0.25, 0.3) is 133 Å². The van der Waals surface area contributed by atoms with E-state index >= 15 is 0 Å². The van der Waals surface area contributed by atoms with Crippen molar-refractivity contribution in [2.45, 2.75) is 26.2 Å². The second-order valence-electron chi connectivity index (χ2n) is 26.8. The molecule has 0 radical (unpaired) electrons.